The van der Waals surface area contributed by atoms with Crippen molar-refractivity contribution >= 4 is 28.4 Å². The number of carbonyl (C=O) groups excluding carboxylic acids is 2. The van der Waals surface area contributed by atoms with Crippen molar-refractivity contribution in [3.05, 3.63) is 88.6 Å². The van der Waals surface area contributed by atoms with Crippen molar-refractivity contribution in [2.75, 3.05) is 40.9 Å². The molecule has 1 N–H and O–H groups in total. The number of aromatic nitrogens is 3. The Morgan fingerprint density at radius 1 is 1.12 bits per heavy atom. The SMILES string of the molecule is COCC(C)(C)c1ccc(C(=O)Cc2cc(F)cc(-c3ncnc4[nH]c(C5=CCN(C(=O)N(C)C)CC5)cc34)c2C)cc1. The molecule has 0 spiro atoms. The van der Waals surface area contributed by atoms with Crippen molar-refractivity contribution in [2.24, 2.45) is 0 Å². The maximum Gasteiger partial charge on any atom is 0.319 e. The van der Waals surface area contributed by atoms with Crippen LogP contribution >= 0.6 is 0 Å². The molecule has 2 aromatic carbocycles. The van der Waals surface area contributed by atoms with Crippen LogP contribution in [-0.4, -0.2) is 77.5 Å². The lowest BCUT2D eigenvalue weighted by atomic mass is 9.84. The number of H-pyrrole nitrogens is 1. The van der Waals surface area contributed by atoms with E-state index in [2.05, 4.69) is 28.8 Å². The second-order valence-corrected chi connectivity index (χ2v) is 12.0. The number of nitrogens with one attached hydrogen (secondary N) is 1. The third-order valence-corrected chi connectivity index (χ3v) is 8.21. The van der Waals surface area contributed by atoms with Crippen LogP contribution in [0.15, 0.2) is 54.9 Å². The number of hydrogen-bond donors (Lipinski definition) is 1. The van der Waals surface area contributed by atoms with Gasteiger partial charge in [-0.15, -0.1) is 0 Å². The molecule has 2 aromatic heterocycles. The zero-order chi connectivity index (χ0) is 30.9. The summed E-state index contributed by atoms with van der Waals surface area (Å²) in [5.74, 6) is -0.512. The van der Waals surface area contributed by atoms with Gasteiger partial charge in [-0.3, -0.25) is 4.79 Å². The Labute approximate surface area is 251 Å². The summed E-state index contributed by atoms with van der Waals surface area (Å²) in [5, 5.41) is 0.769. The van der Waals surface area contributed by atoms with Gasteiger partial charge in [0.25, 0.3) is 0 Å². The lowest BCUT2D eigenvalue weighted by molar-refractivity contribution is 0.0992. The highest BCUT2D eigenvalue weighted by Crippen LogP contribution is 2.34. The lowest BCUT2D eigenvalue weighted by Crippen LogP contribution is -2.41. The maximum absolute atomic E-state index is 15.0. The maximum atomic E-state index is 15.0. The molecule has 0 bridgehead atoms. The van der Waals surface area contributed by atoms with Crippen LogP contribution in [0.25, 0.3) is 27.9 Å². The third-order valence-electron chi connectivity index (χ3n) is 8.21. The first-order valence-corrected chi connectivity index (χ1v) is 14.4. The molecule has 2 amide bonds. The Morgan fingerprint density at radius 3 is 2.51 bits per heavy atom. The number of amides is 2. The number of methoxy groups -OCH3 is 1. The lowest BCUT2D eigenvalue weighted by Gasteiger charge is -2.28. The summed E-state index contributed by atoms with van der Waals surface area (Å²) in [6, 6.07) is 12.4. The summed E-state index contributed by atoms with van der Waals surface area (Å²) in [5.41, 5.74) is 6.75. The third kappa shape index (κ3) is 6.22. The second kappa shape index (κ2) is 12.1. The molecular formula is C34H38FN5O3. The van der Waals surface area contributed by atoms with E-state index in [0.717, 1.165) is 27.8 Å². The fourth-order valence-electron chi connectivity index (χ4n) is 5.69. The molecule has 4 aromatic rings. The molecule has 0 radical (unpaired) electrons. The first kappa shape index (κ1) is 30.1. The standard InChI is InChI=1S/C34H38FN5O3/c1-21-24(16-30(41)23-7-9-25(10-8-23)34(2,3)19-43-6)15-26(35)17-27(21)31-28-18-29(38-32(28)37-20-36-31)22-11-13-40(14-12-22)33(42)39(4)5/h7-11,15,17-18,20H,12-14,16,19H2,1-6H3,(H,36,37,38). The highest BCUT2D eigenvalue weighted by molar-refractivity contribution is 5.99. The van der Waals surface area contributed by atoms with Crippen LogP contribution in [0.4, 0.5) is 9.18 Å². The molecule has 8 nitrogen and oxygen atoms in total. The van der Waals surface area contributed by atoms with E-state index in [1.165, 1.54) is 18.5 Å². The van der Waals surface area contributed by atoms with Gasteiger partial charge in [0.15, 0.2) is 5.78 Å². The van der Waals surface area contributed by atoms with Crippen molar-refractivity contribution in [3.63, 3.8) is 0 Å². The molecule has 5 rings (SSSR count). The van der Waals surface area contributed by atoms with Crippen LogP contribution in [-0.2, 0) is 16.6 Å². The minimum atomic E-state index is -0.428. The van der Waals surface area contributed by atoms with Gasteiger partial charge in [0.1, 0.15) is 17.8 Å². The van der Waals surface area contributed by atoms with Gasteiger partial charge in [-0.1, -0.05) is 44.2 Å². The summed E-state index contributed by atoms with van der Waals surface area (Å²) in [7, 11) is 5.17. The number of ether oxygens (including phenoxy) is 1. The number of benzene rings is 2. The van der Waals surface area contributed by atoms with Gasteiger partial charge in [0, 0.05) is 68.3 Å². The van der Waals surface area contributed by atoms with E-state index in [1.54, 1.807) is 31.0 Å². The van der Waals surface area contributed by atoms with E-state index in [-0.39, 0.29) is 23.7 Å². The van der Waals surface area contributed by atoms with Gasteiger partial charge in [-0.05, 0) is 53.8 Å². The number of fused-ring (bicyclic) bond motifs is 1. The highest BCUT2D eigenvalue weighted by atomic mass is 19.1. The number of aromatic amines is 1. The van der Waals surface area contributed by atoms with Gasteiger partial charge < -0.3 is 19.5 Å². The summed E-state index contributed by atoms with van der Waals surface area (Å²) in [4.78, 5) is 41.4. The summed E-state index contributed by atoms with van der Waals surface area (Å²) >= 11 is 0. The Hall–Kier alpha value is -4.37. The zero-order valence-corrected chi connectivity index (χ0v) is 25.6. The van der Waals surface area contributed by atoms with Crippen molar-refractivity contribution in [1.82, 2.24) is 24.8 Å². The van der Waals surface area contributed by atoms with E-state index in [9.17, 15) is 9.59 Å². The van der Waals surface area contributed by atoms with Gasteiger partial charge in [0.05, 0.1) is 12.3 Å². The Bertz CT molecular complexity index is 1710. The molecule has 43 heavy (non-hydrogen) atoms. The minimum Gasteiger partial charge on any atom is -0.384 e. The molecule has 0 atom stereocenters. The Morgan fingerprint density at radius 2 is 1.86 bits per heavy atom. The molecule has 0 saturated heterocycles. The smallest absolute Gasteiger partial charge is 0.319 e. The number of hydrogen-bond acceptors (Lipinski definition) is 5. The van der Waals surface area contributed by atoms with Crippen molar-refractivity contribution < 1.29 is 18.7 Å². The first-order chi connectivity index (χ1) is 20.5. The fourth-order valence-corrected chi connectivity index (χ4v) is 5.69. The predicted octanol–water partition coefficient (Wildman–Crippen LogP) is 6.19. The number of Topliss-reactive ketones (excluding diaryl/α,β-unsaturated/α-hetero) is 1. The van der Waals surface area contributed by atoms with Crippen LogP contribution in [0.1, 0.15) is 53.0 Å². The van der Waals surface area contributed by atoms with E-state index >= 15 is 4.39 Å². The number of ketones is 1. The topological polar surface area (TPSA) is 91.4 Å². The molecule has 0 saturated carbocycles. The predicted molar refractivity (Wildman–Crippen MR) is 167 cm³/mol. The molecule has 1 aliphatic rings. The number of halogens is 1. The summed E-state index contributed by atoms with van der Waals surface area (Å²) in [6.45, 7) is 7.79. The first-order valence-electron chi connectivity index (χ1n) is 14.4. The van der Waals surface area contributed by atoms with Crippen molar-refractivity contribution in [3.8, 4) is 11.3 Å². The minimum absolute atomic E-state index is 0.0148. The van der Waals surface area contributed by atoms with Gasteiger partial charge >= 0.3 is 6.03 Å². The van der Waals surface area contributed by atoms with Crippen molar-refractivity contribution in [2.45, 2.75) is 39.0 Å². The van der Waals surface area contributed by atoms with E-state index < -0.39 is 5.82 Å². The normalized spacial score (nSPS) is 13.7. The van der Waals surface area contributed by atoms with Crippen LogP contribution in [0.5, 0.6) is 0 Å². The summed E-state index contributed by atoms with van der Waals surface area (Å²) < 4.78 is 20.4. The van der Waals surface area contributed by atoms with Crippen LogP contribution in [0.2, 0.25) is 0 Å². The quantitative estimate of drug-likeness (QED) is 0.250. The number of urea groups is 1. The van der Waals surface area contributed by atoms with Gasteiger partial charge in [-0.25, -0.2) is 19.2 Å². The van der Waals surface area contributed by atoms with Crippen LogP contribution < -0.4 is 0 Å². The largest absolute Gasteiger partial charge is 0.384 e. The van der Waals surface area contributed by atoms with E-state index in [1.807, 2.05) is 43.3 Å². The molecule has 0 fully saturated rings. The van der Waals surface area contributed by atoms with Crippen LogP contribution in [0, 0.1) is 12.7 Å². The van der Waals surface area contributed by atoms with Gasteiger partial charge in [-0.2, -0.15) is 0 Å². The zero-order valence-electron chi connectivity index (χ0n) is 25.6. The fraction of sp³-hybridized carbons (Fsp3) is 0.353. The monoisotopic (exact) mass is 583 g/mol. The molecule has 1 aliphatic heterocycles. The molecule has 224 valence electrons. The van der Waals surface area contributed by atoms with E-state index in [0.29, 0.717) is 54.1 Å². The van der Waals surface area contributed by atoms with Crippen molar-refractivity contribution in [1.29, 1.82) is 0 Å². The average molecular weight is 584 g/mol. The number of nitrogens with zero attached hydrogens (tertiary/aromatic N) is 4. The van der Waals surface area contributed by atoms with Gasteiger partial charge in [0.2, 0.25) is 0 Å². The molecular weight excluding hydrogens is 545 g/mol. The number of rotatable bonds is 8. The average Bonchev–Trinajstić information content (AvgIpc) is 3.43. The molecule has 3 heterocycles. The second-order valence-electron chi connectivity index (χ2n) is 12.0. The molecule has 0 aliphatic carbocycles. The summed E-state index contributed by atoms with van der Waals surface area (Å²) in [6.07, 6.45) is 4.28. The molecule has 0 unspecified atom stereocenters. The van der Waals surface area contributed by atoms with E-state index in [4.69, 9.17) is 4.74 Å². The number of carbonyl (C=O) groups is 2. The Kier molecular flexibility index (Phi) is 8.46. The highest BCUT2D eigenvalue weighted by Gasteiger charge is 2.23. The Balaban J connectivity index is 1.42. The van der Waals surface area contributed by atoms with Crippen LogP contribution in [0.3, 0.4) is 0 Å². The molecule has 9 heteroatoms.